The van der Waals surface area contributed by atoms with Crippen LogP contribution in [-0.4, -0.2) is 13.7 Å². The number of para-hydroxylation sites is 2. The van der Waals surface area contributed by atoms with Gasteiger partial charge in [-0.2, -0.15) is 0 Å². The maximum Gasteiger partial charge on any atom is 0.310 e. The maximum atomic E-state index is 5.88. The average molecular weight is 353 g/mol. The molecule has 0 fully saturated rings. The molecule has 0 aromatic heterocycles. The standard InChI is InChI=1S/C14H16NO2P.2C2H6.2CH4/c1-15-18(2,16-13-9-5-3-6-10-13)17-14-11-7-4-8-12-14;2*1-2;;/h3-12H,1-2H3;2*1-2H3;2*1H4. The molecule has 0 spiro atoms. The van der Waals surface area contributed by atoms with Crippen LogP contribution in [0.4, 0.5) is 0 Å². The summed E-state index contributed by atoms with van der Waals surface area (Å²) in [5.41, 5.74) is 0. The van der Waals surface area contributed by atoms with E-state index in [0.717, 1.165) is 11.5 Å². The third kappa shape index (κ3) is 10.1. The number of hydrogen-bond donors (Lipinski definition) is 0. The van der Waals surface area contributed by atoms with Gasteiger partial charge in [-0.3, -0.25) is 0 Å². The van der Waals surface area contributed by atoms with Crippen LogP contribution < -0.4 is 9.05 Å². The van der Waals surface area contributed by atoms with E-state index in [1.54, 1.807) is 7.05 Å². The lowest BCUT2D eigenvalue weighted by atomic mass is 10.3. The molecule has 0 amide bonds. The number of benzene rings is 2. The Morgan fingerprint density at radius 2 is 0.958 bits per heavy atom. The minimum Gasteiger partial charge on any atom is -0.430 e. The average Bonchev–Trinajstić information content (AvgIpc) is 2.60. The van der Waals surface area contributed by atoms with Gasteiger partial charge in [-0.05, 0) is 24.3 Å². The summed E-state index contributed by atoms with van der Waals surface area (Å²) in [5, 5.41) is 0. The fourth-order valence-corrected chi connectivity index (χ4v) is 2.68. The van der Waals surface area contributed by atoms with Gasteiger partial charge in [-0.1, -0.05) is 78.9 Å². The molecular weight excluding hydrogens is 317 g/mol. The third-order valence-electron chi connectivity index (χ3n) is 2.40. The Labute approximate surface area is 150 Å². The van der Waals surface area contributed by atoms with Crippen LogP contribution in [0.25, 0.3) is 0 Å². The summed E-state index contributed by atoms with van der Waals surface area (Å²) >= 11 is 0. The first-order chi connectivity index (χ1) is 10.7. The second-order valence-electron chi connectivity index (χ2n) is 3.81. The van der Waals surface area contributed by atoms with Gasteiger partial charge in [-0.15, -0.1) is 0 Å². The molecule has 24 heavy (non-hydrogen) atoms. The quantitative estimate of drug-likeness (QED) is 0.526. The van der Waals surface area contributed by atoms with Gasteiger partial charge in [0.15, 0.2) is 0 Å². The van der Waals surface area contributed by atoms with Crippen molar-refractivity contribution in [3.63, 3.8) is 0 Å². The summed E-state index contributed by atoms with van der Waals surface area (Å²) in [5.74, 6) is 1.55. The Bertz CT molecular complexity index is 497. The molecule has 4 heteroatoms. The Morgan fingerprint density at radius 1 is 0.667 bits per heavy atom. The number of rotatable bonds is 4. The fourth-order valence-electron chi connectivity index (χ4n) is 1.45. The van der Waals surface area contributed by atoms with Crippen LogP contribution in [-0.2, 0) is 0 Å². The highest BCUT2D eigenvalue weighted by molar-refractivity contribution is 7.56. The molecule has 0 saturated carbocycles. The molecule has 0 heterocycles. The predicted molar refractivity (Wildman–Crippen MR) is 111 cm³/mol. The van der Waals surface area contributed by atoms with Crippen LogP contribution in [0, 0.1) is 0 Å². The van der Waals surface area contributed by atoms with Gasteiger partial charge in [0.05, 0.1) is 0 Å². The second-order valence-corrected chi connectivity index (χ2v) is 6.18. The lowest BCUT2D eigenvalue weighted by molar-refractivity contribution is 0.481. The van der Waals surface area contributed by atoms with E-state index in [-0.39, 0.29) is 14.9 Å². The minimum absolute atomic E-state index is 0. The number of nitrogens with zero attached hydrogens (tertiary/aromatic N) is 1. The molecule has 3 nitrogen and oxygen atoms in total. The van der Waals surface area contributed by atoms with Crippen molar-refractivity contribution in [2.24, 2.45) is 4.74 Å². The van der Waals surface area contributed by atoms with Crippen molar-refractivity contribution in [2.45, 2.75) is 42.5 Å². The summed E-state index contributed by atoms with van der Waals surface area (Å²) < 4.78 is 16.0. The van der Waals surface area contributed by atoms with Crippen LogP contribution >= 0.6 is 7.51 Å². The van der Waals surface area contributed by atoms with Crippen molar-refractivity contribution in [3.8, 4) is 11.5 Å². The smallest absolute Gasteiger partial charge is 0.310 e. The zero-order chi connectivity index (χ0) is 16.8. The highest BCUT2D eigenvalue weighted by atomic mass is 31.2. The summed E-state index contributed by atoms with van der Waals surface area (Å²) in [7, 11) is -0.547. The SMILES string of the molecule is C.C.CC.CC.CN=P(C)(Oc1ccccc1)Oc1ccccc1. The Morgan fingerprint density at radius 3 is 1.21 bits per heavy atom. The van der Waals surface area contributed by atoms with Crippen molar-refractivity contribution in [3.05, 3.63) is 60.7 Å². The summed E-state index contributed by atoms with van der Waals surface area (Å²) in [4.78, 5) is 0. The first kappa shape index (κ1) is 27.1. The van der Waals surface area contributed by atoms with Gasteiger partial charge in [0.1, 0.15) is 11.5 Å². The van der Waals surface area contributed by atoms with Crippen LogP contribution in [0.1, 0.15) is 42.5 Å². The molecule has 0 unspecified atom stereocenters. The van der Waals surface area contributed by atoms with Crippen molar-refractivity contribution in [1.82, 2.24) is 0 Å². The molecule has 2 rings (SSSR count). The van der Waals surface area contributed by atoms with Gasteiger partial charge in [0, 0.05) is 13.7 Å². The van der Waals surface area contributed by atoms with E-state index < -0.39 is 7.51 Å². The van der Waals surface area contributed by atoms with Gasteiger partial charge in [0.2, 0.25) is 0 Å². The van der Waals surface area contributed by atoms with Crippen LogP contribution in [0.3, 0.4) is 0 Å². The third-order valence-corrected chi connectivity index (χ3v) is 4.23. The molecule has 0 saturated heterocycles. The minimum atomic E-state index is -2.27. The molecule has 0 bridgehead atoms. The second kappa shape index (κ2) is 16.1. The van der Waals surface area contributed by atoms with E-state index in [1.807, 2.05) is 95.0 Å². The van der Waals surface area contributed by atoms with E-state index in [2.05, 4.69) is 4.74 Å². The van der Waals surface area contributed by atoms with Crippen LogP contribution in [0.2, 0.25) is 0 Å². The zero-order valence-electron chi connectivity index (χ0n) is 14.5. The monoisotopic (exact) mass is 353 g/mol. The van der Waals surface area contributed by atoms with Crippen molar-refractivity contribution < 1.29 is 9.05 Å². The largest absolute Gasteiger partial charge is 0.430 e. The molecule has 0 atom stereocenters. The highest BCUT2D eigenvalue weighted by Crippen LogP contribution is 2.47. The van der Waals surface area contributed by atoms with Gasteiger partial charge < -0.3 is 9.05 Å². The van der Waals surface area contributed by atoms with Crippen molar-refractivity contribution in [2.75, 3.05) is 13.7 Å². The van der Waals surface area contributed by atoms with Crippen molar-refractivity contribution in [1.29, 1.82) is 0 Å². The zero-order valence-corrected chi connectivity index (χ0v) is 15.4. The van der Waals surface area contributed by atoms with Gasteiger partial charge in [-0.25, -0.2) is 4.74 Å². The first-order valence-corrected chi connectivity index (χ1v) is 9.71. The number of hydrogen-bond acceptors (Lipinski definition) is 3. The molecule has 2 aromatic carbocycles. The topological polar surface area (TPSA) is 30.8 Å². The molecular formula is C20H36NO2P. The van der Waals surface area contributed by atoms with Gasteiger partial charge >= 0.3 is 7.51 Å². The van der Waals surface area contributed by atoms with E-state index in [1.165, 1.54) is 0 Å². The highest BCUT2D eigenvalue weighted by Gasteiger charge is 2.16. The molecule has 138 valence electrons. The normalized spacial score (nSPS) is 8.58. The van der Waals surface area contributed by atoms with Crippen molar-refractivity contribution >= 4 is 7.51 Å². The molecule has 2 aromatic rings. The van der Waals surface area contributed by atoms with E-state index >= 15 is 0 Å². The molecule has 0 N–H and O–H groups in total. The van der Waals surface area contributed by atoms with Crippen LogP contribution in [0.5, 0.6) is 11.5 Å². The molecule has 0 aliphatic carbocycles. The van der Waals surface area contributed by atoms with Gasteiger partial charge in [0.25, 0.3) is 0 Å². The van der Waals surface area contributed by atoms with Crippen LogP contribution in [0.15, 0.2) is 65.4 Å². The summed E-state index contributed by atoms with van der Waals surface area (Å²) in [6.07, 6.45) is 0. The van der Waals surface area contributed by atoms with E-state index in [9.17, 15) is 0 Å². The first-order valence-electron chi connectivity index (χ1n) is 7.69. The molecule has 0 radical (unpaired) electrons. The molecule has 0 aliphatic rings. The van der Waals surface area contributed by atoms with E-state index in [4.69, 9.17) is 9.05 Å². The predicted octanol–water partition coefficient (Wildman–Crippen LogP) is 7.76. The lowest BCUT2D eigenvalue weighted by Crippen LogP contribution is -1.99. The Balaban J connectivity index is -0.000000684. The molecule has 0 aliphatic heterocycles. The summed E-state index contributed by atoms with van der Waals surface area (Å²) in [6, 6.07) is 19.2. The Kier molecular flexibility index (Phi) is 18.2. The maximum absolute atomic E-state index is 5.88. The lowest BCUT2D eigenvalue weighted by Gasteiger charge is -2.21. The summed E-state index contributed by atoms with van der Waals surface area (Å²) in [6.45, 7) is 9.90. The Hall–Kier alpha value is -1.73. The fraction of sp³-hybridized carbons (Fsp3) is 0.400. The van der Waals surface area contributed by atoms with E-state index in [0.29, 0.717) is 0 Å².